The molecule has 1 aliphatic carbocycles. The average Bonchev–Trinajstić information content (AvgIpc) is 3.32. The number of nitrogens with zero attached hydrogens (tertiary/aromatic N) is 3. The number of rotatable bonds is 3. The molecule has 2 aliphatic rings. The summed E-state index contributed by atoms with van der Waals surface area (Å²) in [6.45, 7) is 1.52. The van der Waals surface area contributed by atoms with Gasteiger partial charge in [0.15, 0.2) is 10.3 Å². The highest BCUT2D eigenvalue weighted by Gasteiger charge is 2.27. The summed E-state index contributed by atoms with van der Waals surface area (Å²) in [6, 6.07) is 5.05. The van der Waals surface area contributed by atoms with Gasteiger partial charge in [0, 0.05) is 23.9 Å². The molecule has 3 heterocycles. The highest BCUT2D eigenvalue weighted by molar-refractivity contribution is 7.22. The molecule has 1 N–H and O–H groups in total. The summed E-state index contributed by atoms with van der Waals surface area (Å²) in [5.74, 6) is -0.218. The zero-order valence-corrected chi connectivity index (χ0v) is 17.0. The molecule has 0 unspecified atom stereocenters. The van der Waals surface area contributed by atoms with Crippen LogP contribution in [0, 0.1) is 11.7 Å². The normalized spacial score (nSPS) is 17.7. The molecule has 28 heavy (non-hydrogen) atoms. The molecule has 0 radical (unpaired) electrons. The number of fused-ring (bicyclic) bond motifs is 2. The molecular formula is C20H21FN4OS2. The molecule has 1 fully saturated rings. The van der Waals surface area contributed by atoms with Crippen LogP contribution in [0.15, 0.2) is 18.2 Å². The molecule has 0 saturated carbocycles. The Morgan fingerprint density at radius 3 is 2.75 bits per heavy atom. The van der Waals surface area contributed by atoms with Crippen molar-refractivity contribution in [2.24, 2.45) is 5.92 Å². The number of piperidine rings is 1. The van der Waals surface area contributed by atoms with Gasteiger partial charge in [0.2, 0.25) is 5.91 Å². The molecule has 1 amide bonds. The summed E-state index contributed by atoms with van der Waals surface area (Å²) in [5, 5.41) is 4.63. The van der Waals surface area contributed by atoms with Crippen LogP contribution in [0.1, 0.15) is 36.3 Å². The fourth-order valence-corrected chi connectivity index (χ4v) is 6.07. The van der Waals surface area contributed by atoms with E-state index in [2.05, 4.69) is 20.2 Å². The molecule has 146 valence electrons. The van der Waals surface area contributed by atoms with Crippen molar-refractivity contribution in [3.05, 3.63) is 34.6 Å². The second-order valence-corrected chi connectivity index (χ2v) is 9.52. The first kappa shape index (κ1) is 18.0. The number of hydrogen-bond acceptors (Lipinski definition) is 6. The maximum absolute atomic E-state index is 13.9. The summed E-state index contributed by atoms with van der Waals surface area (Å²) >= 11 is 3.14. The third-order valence-electron chi connectivity index (χ3n) is 5.57. The molecular weight excluding hydrogens is 395 g/mol. The number of benzene rings is 1. The lowest BCUT2D eigenvalue weighted by Gasteiger charge is -2.30. The number of anilines is 2. The lowest BCUT2D eigenvalue weighted by Crippen LogP contribution is -2.38. The summed E-state index contributed by atoms with van der Waals surface area (Å²) in [7, 11) is 0. The second kappa shape index (κ2) is 7.40. The van der Waals surface area contributed by atoms with Crippen LogP contribution >= 0.6 is 22.7 Å². The molecule has 1 aliphatic heterocycles. The van der Waals surface area contributed by atoms with Crippen molar-refractivity contribution in [3.63, 3.8) is 0 Å². The SMILES string of the molecule is O=C(Nc1nc2c(s1)CCCC2)C1CCN(c2nc3c(F)cccc3s2)CC1. The fourth-order valence-electron chi connectivity index (χ4n) is 3.98. The first-order valence-corrected chi connectivity index (χ1v) is 11.4. The van der Waals surface area contributed by atoms with Crippen molar-refractivity contribution in [1.82, 2.24) is 9.97 Å². The molecule has 8 heteroatoms. The van der Waals surface area contributed by atoms with E-state index in [4.69, 9.17) is 0 Å². The minimum absolute atomic E-state index is 0.0108. The van der Waals surface area contributed by atoms with Crippen LogP contribution in [-0.2, 0) is 17.6 Å². The number of halogens is 1. The summed E-state index contributed by atoms with van der Waals surface area (Å²) in [4.78, 5) is 25.3. The Kier molecular flexibility index (Phi) is 4.76. The topological polar surface area (TPSA) is 58.1 Å². The van der Waals surface area contributed by atoms with Gasteiger partial charge >= 0.3 is 0 Å². The lowest BCUT2D eigenvalue weighted by atomic mass is 9.96. The van der Waals surface area contributed by atoms with Crippen LogP contribution in [0.3, 0.4) is 0 Å². The Bertz CT molecular complexity index is 999. The Labute approximate surface area is 170 Å². The molecule has 3 aromatic rings. The van der Waals surface area contributed by atoms with E-state index in [1.54, 1.807) is 17.4 Å². The fraction of sp³-hybridized carbons (Fsp3) is 0.450. The zero-order valence-electron chi connectivity index (χ0n) is 15.4. The Balaban J connectivity index is 1.22. The monoisotopic (exact) mass is 416 g/mol. The van der Waals surface area contributed by atoms with Gasteiger partial charge in [0.05, 0.1) is 10.4 Å². The van der Waals surface area contributed by atoms with Gasteiger partial charge in [0.1, 0.15) is 11.3 Å². The quantitative estimate of drug-likeness (QED) is 0.677. The number of amides is 1. The van der Waals surface area contributed by atoms with Crippen molar-refractivity contribution in [2.45, 2.75) is 38.5 Å². The van der Waals surface area contributed by atoms with Crippen molar-refractivity contribution in [2.75, 3.05) is 23.3 Å². The van der Waals surface area contributed by atoms with E-state index in [9.17, 15) is 9.18 Å². The molecule has 5 nitrogen and oxygen atoms in total. The van der Waals surface area contributed by atoms with Crippen LogP contribution in [0.4, 0.5) is 14.7 Å². The maximum Gasteiger partial charge on any atom is 0.229 e. The number of hydrogen-bond donors (Lipinski definition) is 1. The van der Waals surface area contributed by atoms with Crippen molar-refractivity contribution in [3.8, 4) is 0 Å². The first-order chi connectivity index (χ1) is 13.7. The number of thiazole rings is 2. The Hall–Kier alpha value is -2.06. The molecule has 0 atom stereocenters. The number of carbonyl (C=O) groups is 1. The van der Waals surface area contributed by atoms with E-state index in [-0.39, 0.29) is 17.6 Å². The lowest BCUT2D eigenvalue weighted by molar-refractivity contribution is -0.120. The van der Waals surface area contributed by atoms with Crippen molar-refractivity contribution >= 4 is 49.1 Å². The van der Waals surface area contributed by atoms with E-state index in [0.29, 0.717) is 5.52 Å². The Morgan fingerprint density at radius 1 is 1.14 bits per heavy atom. The number of nitrogens with one attached hydrogen (secondary N) is 1. The van der Waals surface area contributed by atoms with Crippen molar-refractivity contribution in [1.29, 1.82) is 0 Å². The molecule has 0 bridgehead atoms. The smallest absolute Gasteiger partial charge is 0.229 e. The van der Waals surface area contributed by atoms with Gasteiger partial charge < -0.3 is 10.2 Å². The van der Waals surface area contributed by atoms with Crippen LogP contribution in [0.2, 0.25) is 0 Å². The third kappa shape index (κ3) is 3.39. The highest BCUT2D eigenvalue weighted by Crippen LogP contribution is 2.33. The van der Waals surface area contributed by atoms with Gasteiger partial charge in [-0.05, 0) is 50.7 Å². The Morgan fingerprint density at radius 2 is 1.96 bits per heavy atom. The van der Waals surface area contributed by atoms with E-state index in [1.165, 1.54) is 40.8 Å². The minimum Gasteiger partial charge on any atom is -0.348 e. The molecule has 2 aromatic heterocycles. The molecule has 5 rings (SSSR count). The van der Waals surface area contributed by atoms with Crippen molar-refractivity contribution < 1.29 is 9.18 Å². The van der Waals surface area contributed by atoms with Gasteiger partial charge in [-0.25, -0.2) is 14.4 Å². The molecule has 1 aromatic carbocycles. The summed E-state index contributed by atoms with van der Waals surface area (Å²) < 4.78 is 14.8. The minimum atomic E-state index is -0.277. The standard InChI is InChI=1S/C20H21FN4OS2/c21-13-4-3-7-16-17(13)23-20(28-16)25-10-8-12(9-11-25)18(26)24-19-22-14-5-1-2-6-15(14)27-19/h3-4,7,12H,1-2,5-6,8-11H2,(H,22,24,26). The largest absolute Gasteiger partial charge is 0.348 e. The van der Waals surface area contributed by atoms with Gasteiger partial charge in [-0.15, -0.1) is 11.3 Å². The highest BCUT2D eigenvalue weighted by atomic mass is 32.1. The van der Waals surface area contributed by atoms with Gasteiger partial charge in [-0.1, -0.05) is 17.4 Å². The predicted octanol–water partition coefficient (Wildman–Crippen LogP) is 4.63. The van der Waals surface area contributed by atoms with Crippen LogP contribution in [0.25, 0.3) is 10.2 Å². The summed E-state index contributed by atoms with van der Waals surface area (Å²) in [6.07, 6.45) is 6.08. The number of aromatic nitrogens is 2. The third-order valence-corrected chi connectivity index (χ3v) is 7.72. The maximum atomic E-state index is 13.9. The van der Waals surface area contributed by atoms with Crippen LogP contribution in [-0.4, -0.2) is 29.0 Å². The molecule has 1 saturated heterocycles. The summed E-state index contributed by atoms with van der Waals surface area (Å²) in [5.41, 5.74) is 1.61. The van der Waals surface area contributed by atoms with Crippen LogP contribution in [0.5, 0.6) is 0 Å². The van der Waals surface area contributed by atoms with Gasteiger partial charge in [-0.2, -0.15) is 0 Å². The van der Waals surface area contributed by atoms with E-state index >= 15 is 0 Å². The van der Waals surface area contributed by atoms with Gasteiger partial charge in [0.25, 0.3) is 0 Å². The zero-order chi connectivity index (χ0) is 19.1. The number of aryl methyl sites for hydroxylation is 2. The first-order valence-electron chi connectivity index (χ1n) is 9.77. The van der Waals surface area contributed by atoms with E-state index < -0.39 is 0 Å². The number of carbonyl (C=O) groups excluding carboxylic acids is 1. The van der Waals surface area contributed by atoms with Gasteiger partial charge in [-0.3, -0.25) is 4.79 Å². The van der Waals surface area contributed by atoms with E-state index in [0.717, 1.165) is 53.7 Å². The van der Waals surface area contributed by atoms with Crippen LogP contribution < -0.4 is 10.2 Å². The second-order valence-electron chi connectivity index (χ2n) is 7.43. The van der Waals surface area contributed by atoms with E-state index in [1.807, 2.05) is 6.07 Å². The molecule has 0 spiro atoms. The number of para-hydroxylation sites is 1. The predicted molar refractivity (Wildman–Crippen MR) is 112 cm³/mol. The average molecular weight is 417 g/mol.